The molecule has 1 aliphatic carbocycles. The summed E-state index contributed by atoms with van der Waals surface area (Å²) in [4.78, 5) is 27.5. The predicted molar refractivity (Wildman–Crippen MR) is 75.9 cm³/mol. The number of aliphatic hydroxyl groups is 1. The second-order valence-corrected chi connectivity index (χ2v) is 6.66. The molecule has 2 aliphatic heterocycles. The largest absolute Gasteiger partial charge is 0.480 e. The van der Waals surface area contributed by atoms with Gasteiger partial charge in [0.2, 0.25) is 0 Å². The van der Waals surface area contributed by atoms with Gasteiger partial charge in [-0.2, -0.15) is 0 Å². The number of hydrogen-bond acceptors (Lipinski definition) is 3. The maximum Gasteiger partial charge on any atom is 0.323 e. The predicted octanol–water partition coefficient (Wildman–Crippen LogP) is 1.42. The standard InChI is InChI=1S/C15H24N2O4/c18-13-7-11-5-6-12(8-13)17(11)15(21)16(9-14(19)20)10-3-1-2-4-10/h10-13,18H,1-9H2,(H,19,20). The molecule has 0 radical (unpaired) electrons. The van der Waals surface area contributed by atoms with Crippen molar-refractivity contribution in [2.45, 2.75) is 75.6 Å². The first-order valence-corrected chi connectivity index (χ1v) is 8.05. The van der Waals surface area contributed by atoms with E-state index < -0.39 is 5.97 Å². The van der Waals surface area contributed by atoms with Gasteiger partial charge in [0.15, 0.2) is 0 Å². The van der Waals surface area contributed by atoms with Gasteiger partial charge in [-0.05, 0) is 38.5 Å². The number of carbonyl (C=O) groups is 2. The third kappa shape index (κ3) is 2.86. The van der Waals surface area contributed by atoms with E-state index in [2.05, 4.69) is 0 Å². The molecule has 2 unspecified atom stereocenters. The number of urea groups is 1. The van der Waals surface area contributed by atoms with Crippen LogP contribution in [0.5, 0.6) is 0 Å². The summed E-state index contributed by atoms with van der Waals surface area (Å²) >= 11 is 0. The summed E-state index contributed by atoms with van der Waals surface area (Å²) in [5.74, 6) is -0.945. The van der Waals surface area contributed by atoms with Crippen LogP contribution >= 0.6 is 0 Å². The van der Waals surface area contributed by atoms with Crippen LogP contribution in [0.2, 0.25) is 0 Å². The van der Waals surface area contributed by atoms with Crippen molar-refractivity contribution in [2.75, 3.05) is 6.54 Å². The van der Waals surface area contributed by atoms with Gasteiger partial charge in [-0.3, -0.25) is 4.79 Å². The zero-order valence-electron chi connectivity index (χ0n) is 12.3. The van der Waals surface area contributed by atoms with E-state index in [-0.39, 0.29) is 36.8 Å². The van der Waals surface area contributed by atoms with Crippen LogP contribution in [0.3, 0.4) is 0 Å². The van der Waals surface area contributed by atoms with Crippen molar-refractivity contribution in [1.82, 2.24) is 9.80 Å². The molecular formula is C15H24N2O4. The Morgan fingerprint density at radius 1 is 1.05 bits per heavy atom. The lowest BCUT2D eigenvalue weighted by atomic mass is 10.0. The third-order valence-corrected chi connectivity index (χ3v) is 5.25. The Labute approximate surface area is 124 Å². The zero-order valence-corrected chi connectivity index (χ0v) is 12.3. The monoisotopic (exact) mass is 296 g/mol. The average molecular weight is 296 g/mol. The van der Waals surface area contributed by atoms with Gasteiger partial charge in [-0.1, -0.05) is 12.8 Å². The number of rotatable bonds is 3. The summed E-state index contributed by atoms with van der Waals surface area (Å²) < 4.78 is 0. The second kappa shape index (κ2) is 5.83. The number of nitrogens with zero attached hydrogens (tertiary/aromatic N) is 2. The van der Waals surface area contributed by atoms with E-state index in [9.17, 15) is 14.7 Å². The lowest BCUT2D eigenvalue weighted by Crippen LogP contribution is -2.56. The molecule has 3 aliphatic rings. The number of amides is 2. The Hall–Kier alpha value is -1.30. The SMILES string of the molecule is O=C(O)CN(C(=O)N1C2CCC1CC(O)C2)C1CCCC1. The van der Waals surface area contributed by atoms with E-state index in [1.807, 2.05) is 4.90 Å². The smallest absolute Gasteiger partial charge is 0.323 e. The quantitative estimate of drug-likeness (QED) is 0.825. The minimum atomic E-state index is -0.945. The van der Waals surface area contributed by atoms with Gasteiger partial charge in [0.25, 0.3) is 0 Å². The third-order valence-electron chi connectivity index (χ3n) is 5.25. The van der Waals surface area contributed by atoms with Gasteiger partial charge in [0.05, 0.1) is 6.10 Å². The van der Waals surface area contributed by atoms with Crippen LogP contribution in [-0.2, 0) is 4.79 Å². The molecule has 2 amide bonds. The van der Waals surface area contributed by atoms with E-state index in [0.717, 1.165) is 38.5 Å². The highest BCUT2D eigenvalue weighted by molar-refractivity contribution is 5.81. The van der Waals surface area contributed by atoms with Crippen LogP contribution in [0.25, 0.3) is 0 Å². The lowest BCUT2D eigenvalue weighted by molar-refractivity contribution is -0.138. The van der Waals surface area contributed by atoms with Crippen LogP contribution in [0.4, 0.5) is 4.79 Å². The van der Waals surface area contributed by atoms with E-state index in [4.69, 9.17) is 5.11 Å². The van der Waals surface area contributed by atoms with E-state index in [0.29, 0.717) is 12.8 Å². The fraction of sp³-hybridized carbons (Fsp3) is 0.867. The summed E-state index contributed by atoms with van der Waals surface area (Å²) in [7, 11) is 0. The van der Waals surface area contributed by atoms with Crippen molar-refractivity contribution in [1.29, 1.82) is 0 Å². The molecule has 0 aromatic heterocycles. The topological polar surface area (TPSA) is 81.1 Å². The maximum absolute atomic E-state index is 12.9. The number of hydrogen-bond donors (Lipinski definition) is 2. The fourth-order valence-electron chi connectivity index (χ4n) is 4.32. The molecular weight excluding hydrogens is 272 g/mol. The van der Waals surface area contributed by atoms with Crippen molar-refractivity contribution >= 4 is 12.0 Å². The van der Waals surface area contributed by atoms with Gasteiger partial charge in [-0.25, -0.2) is 4.79 Å². The molecule has 2 bridgehead atoms. The van der Waals surface area contributed by atoms with Crippen molar-refractivity contribution in [3.8, 4) is 0 Å². The normalized spacial score (nSPS) is 32.4. The van der Waals surface area contributed by atoms with Gasteiger partial charge in [0.1, 0.15) is 6.54 Å². The highest BCUT2D eigenvalue weighted by atomic mass is 16.4. The molecule has 2 N–H and O–H groups in total. The molecule has 118 valence electrons. The Bertz CT molecular complexity index is 408. The number of fused-ring (bicyclic) bond motifs is 2. The Balaban J connectivity index is 1.75. The molecule has 6 nitrogen and oxygen atoms in total. The van der Waals surface area contributed by atoms with Gasteiger partial charge in [-0.15, -0.1) is 0 Å². The first kappa shape index (κ1) is 14.6. The molecule has 0 aromatic rings. The minimum absolute atomic E-state index is 0.0693. The molecule has 3 fully saturated rings. The second-order valence-electron chi connectivity index (χ2n) is 6.66. The van der Waals surface area contributed by atoms with E-state index in [1.54, 1.807) is 4.90 Å². The van der Waals surface area contributed by atoms with Crippen molar-refractivity contribution in [3.05, 3.63) is 0 Å². The number of aliphatic hydroxyl groups excluding tert-OH is 1. The summed E-state index contributed by atoms with van der Waals surface area (Å²) in [6.45, 7) is -0.206. The highest BCUT2D eigenvalue weighted by Gasteiger charge is 2.45. The van der Waals surface area contributed by atoms with Crippen LogP contribution in [0.1, 0.15) is 51.4 Å². The van der Waals surface area contributed by atoms with E-state index in [1.165, 1.54) is 0 Å². The molecule has 0 spiro atoms. The molecule has 2 atom stereocenters. The summed E-state index contributed by atoms with van der Waals surface area (Å²) in [5.41, 5.74) is 0. The zero-order chi connectivity index (χ0) is 15.0. The molecule has 1 saturated carbocycles. The average Bonchev–Trinajstić information content (AvgIpc) is 3.02. The molecule has 6 heteroatoms. The Kier molecular flexibility index (Phi) is 4.06. The molecule has 3 rings (SSSR count). The summed E-state index contributed by atoms with van der Waals surface area (Å²) in [6, 6.07) is 0.122. The first-order chi connectivity index (χ1) is 10.1. The van der Waals surface area contributed by atoms with Gasteiger partial charge in [0, 0.05) is 18.1 Å². The first-order valence-electron chi connectivity index (χ1n) is 8.05. The Morgan fingerprint density at radius 3 is 2.14 bits per heavy atom. The lowest BCUT2D eigenvalue weighted by Gasteiger charge is -2.41. The number of carboxylic acid groups (broad SMARTS) is 1. The fourth-order valence-corrected chi connectivity index (χ4v) is 4.32. The van der Waals surface area contributed by atoms with Crippen molar-refractivity contribution in [3.63, 3.8) is 0 Å². The van der Waals surface area contributed by atoms with Crippen LogP contribution < -0.4 is 0 Å². The number of carbonyl (C=O) groups excluding carboxylic acids is 1. The molecule has 2 heterocycles. The van der Waals surface area contributed by atoms with E-state index >= 15 is 0 Å². The molecule has 2 saturated heterocycles. The maximum atomic E-state index is 12.9. The van der Waals surface area contributed by atoms with Gasteiger partial charge >= 0.3 is 12.0 Å². The molecule has 21 heavy (non-hydrogen) atoms. The molecule has 0 aromatic carbocycles. The number of carboxylic acids is 1. The van der Waals surface area contributed by atoms with Gasteiger partial charge < -0.3 is 20.0 Å². The minimum Gasteiger partial charge on any atom is -0.480 e. The Morgan fingerprint density at radius 2 is 1.62 bits per heavy atom. The van der Waals surface area contributed by atoms with Crippen molar-refractivity contribution < 1.29 is 19.8 Å². The highest BCUT2D eigenvalue weighted by Crippen LogP contribution is 2.37. The summed E-state index contributed by atoms with van der Waals surface area (Å²) in [6.07, 6.45) is 6.76. The van der Waals surface area contributed by atoms with Crippen LogP contribution in [0, 0.1) is 0 Å². The van der Waals surface area contributed by atoms with Crippen molar-refractivity contribution in [2.24, 2.45) is 0 Å². The summed E-state index contributed by atoms with van der Waals surface area (Å²) in [5, 5.41) is 19.0. The number of piperidine rings is 1. The number of aliphatic carboxylic acids is 1. The van der Waals surface area contributed by atoms with Crippen LogP contribution in [0.15, 0.2) is 0 Å². The van der Waals surface area contributed by atoms with Crippen LogP contribution in [-0.4, -0.2) is 62.8 Å².